The second-order valence-electron chi connectivity index (χ2n) is 11.3. The molecule has 2 aromatic heterocycles. The smallest absolute Gasteiger partial charge is 0.293 e. The zero-order valence-corrected chi connectivity index (χ0v) is 23.9. The highest BCUT2D eigenvalue weighted by Crippen LogP contribution is 2.45. The Labute approximate surface area is 234 Å². The van der Waals surface area contributed by atoms with Gasteiger partial charge in [-0.1, -0.05) is 37.8 Å². The van der Waals surface area contributed by atoms with Crippen LogP contribution in [0.1, 0.15) is 78.2 Å². The molecule has 9 heteroatoms. The first-order valence-electron chi connectivity index (χ1n) is 14.2. The molecule has 208 valence electrons. The monoisotopic (exact) mass is 551 g/mol. The van der Waals surface area contributed by atoms with E-state index in [1.807, 2.05) is 32.0 Å². The quantitative estimate of drug-likeness (QED) is 0.334. The number of benzene rings is 1. The minimum absolute atomic E-state index is 0.0576. The SMILES string of the molecule is CCC(=O)COc1cc2cc(Nc3nc(N4CCC5(CCCCC5)CC4)ncc3Cl)ccc2n(C(C)C)c1=O. The number of carbonyl (C=O) groups excluding carboxylic acids is 1. The number of fused-ring (bicyclic) bond motifs is 1. The van der Waals surface area contributed by atoms with Crippen LogP contribution >= 0.6 is 11.6 Å². The molecule has 1 aliphatic heterocycles. The van der Waals surface area contributed by atoms with Crippen molar-refractivity contribution in [3.63, 3.8) is 0 Å². The van der Waals surface area contributed by atoms with Crippen molar-refractivity contribution in [2.75, 3.05) is 29.9 Å². The summed E-state index contributed by atoms with van der Waals surface area (Å²) >= 11 is 6.51. The summed E-state index contributed by atoms with van der Waals surface area (Å²) in [7, 11) is 0. The molecule has 1 N–H and O–H groups in total. The average Bonchev–Trinajstić information content (AvgIpc) is 2.93. The van der Waals surface area contributed by atoms with Gasteiger partial charge in [0, 0.05) is 36.6 Å². The summed E-state index contributed by atoms with van der Waals surface area (Å²) in [5.41, 5.74) is 1.82. The number of ether oxygens (including phenoxy) is 1. The van der Waals surface area contributed by atoms with Gasteiger partial charge >= 0.3 is 0 Å². The fraction of sp³-hybridized carbons (Fsp3) is 0.533. The summed E-state index contributed by atoms with van der Waals surface area (Å²) < 4.78 is 7.33. The lowest BCUT2D eigenvalue weighted by Gasteiger charge is -2.44. The van der Waals surface area contributed by atoms with Gasteiger partial charge < -0.3 is 19.5 Å². The molecule has 3 aromatic rings. The van der Waals surface area contributed by atoms with Crippen molar-refractivity contribution < 1.29 is 9.53 Å². The Bertz CT molecular complexity index is 1400. The van der Waals surface area contributed by atoms with Gasteiger partial charge in [0.15, 0.2) is 17.4 Å². The van der Waals surface area contributed by atoms with E-state index in [0.717, 1.165) is 29.7 Å². The lowest BCUT2D eigenvalue weighted by atomic mass is 9.68. The van der Waals surface area contributed by atoms with Crippen LogP contribution in [0.3, 0.4) is 0 Å². The van der Waals surface area contributed by atoms with E-state index >= 15 is 0 Å². The predicted molar refractivity (Wildman–Crippen MR) is 157 cm³/mol. The van der Waals surface area contributed by atoms with Gasteiger partial charge in [-0.15, -0.1) is 0 Å². The molecule has 1 saturated carbocycles. The lowest BCUT2D eigenvalue weighted by Crippen LogP contribution is -2.41. The number of rotatable bonds is 8. The van der Waals surface area contributed by atoms with Crippen molar-refractivity contribution in [3.05, 3.63) is 45.8 Å². The van der Waals surface area contributed by atoms with E-state index in [1.165, 1.54) is 44.9 Å². The average molecular weight is 552 g/mol. The second-order valence-corrected chi connectivity index (χ2v) is 11.7. The Kier molecular flexibility index (Phi) is 8.12. The predicted octanol–water partition coefficient (Wildman–Crippen LogP) is 6.68. The third-order valence-electron chi connectivity index (χ3n) is 8.32. The van der Waals surface area contributed by atoms with E-state index in [9.17, 15) is 9.59 Å². The first kappa shape index (κ1) is 27.4. The van der Waals surface area contributed by atoms with Crippen LogP contribution in [0.2, 0.25) is 5.02 Å². The number of piperidine rings is 1. The van der Waals surface area contributed by atoms with Gasteiger partial charge in [-0.3, -0.25) is 9.59 Å². The van der Waals surface area contributed by atoms with Gasteiger partial charge in [-0.05, 0) is 69.2 Å². The summed E-state index contributed by atoms with van der Waals surface area (Å²) in [6.07, 6.45) is 11.2. The summed E-state index contributed by atoms with van der Waals surface area (Å²) in [6.45, 7) is 7.49. The molecule has 1 spiro atoms. The molecular formula is C30H38ClN5O3. The summed E-state index contributed by atoms with van der Waals surface area (Å²) in [4.78, 5) is 36.5. The van der Waals surface area contributed by atoms with Crippen LogP contribution in [-0.4, -0.2) is 40.0 Å². The van der Waals surface area contributed by atoms with E-state index in [4.69, 9.17) is 21.3 Å². The first-order chi connectivity index (χ1) is 18.8. The molecule has 0 amide bonds. The van der Waals surface area contributed by atoms with Gasteiger partial charge in [0.25, 0.3) is 5.56 Å². The minimum Gasteiger partial charge on any atom is -0.480 e. The number of aromatic nitrogens is 3. The number of halogens is 1. The Morgan fingerprint density at radius 3 is 2.56 bits per heavy atom. The Hall–Kier alpha value is -3.13. The largest absolute Gasteiger partial charge is 0.480 e. The lowest BCUT2D eigenvalue weighted by molar-refractivity contribution is -0.120. The number of nitrogens with zero attached hydrogens (tertiary/aromatic N) is 4. The second kappa shape index (κ2) is 11.5. The summed E-state index contributed by atoms with van der Waals surface area (Å²) in [5, 5.41) is 4.60. The molecule has 1 aromatic carbocycles. The van der Waals surface area contributed by atoms with Gasteiger partial charge in [-0.2, -0.15) is 4.98 Å². The van der Waals surface area contributed by atoms with Crippen LogP contribution in [0, 0.1) is 5.41 Å². The number of hydrogen-bond acceptors (Lipinski definition) is 7. The maximum atomic E-state index is 13.1. The molecule has 2 aliphatic rings. The topological polar surface area (TPSA) is 89.3 Å². The van der Waals surface area contributed by atoms with Crippen molar-refractivity contribution in [1.29, 1.82) is 0 Å². The van der Waals surface area contributed by atoms with Crippen molar-refractivity contribution in [3.8, 4) is 5.75 Å². The Morgan fingerprint density at radius 1 is 1.13 bits per heavy atom. The molecule has 5 rings (SSSR count). The molecule has 0 unspecified atom stereocenters. The number of anilines is 3. The van der Waals surface area contributed by atoms with E-state index in [0.29, 0.717) is 28.6 Å². The van der Waals surface area contributed by atoms with Crippen molar-refractivity contribution in [1.82, 2.24) is 14.5 Å². The maximum Gasteiger partial charge on any atom is 0.293 e. The van der Waals surface area contributed by atoms with Gasteiger partial charge in [0.2, 0.25) is 5.95 Å². The first-order valence-corrected chi connectivity index (χ1v) is 14.5. The molecule has 3 heterocycles. The molecule has 8 nitrogen and oxygen atoms in total. The molecule has 1 saturated heterocycles. The Balaban J connectivity index is 1.39. The zero-order chi connectivity index (χ0) is 27.6. The van der Waals surface area contributed by atoms with Gasteiger partial charge in [-0.25, -0.2) is 4.98 Å². The molecular weight excluding hydrogens is 514 g/mol. The van der Waals surface area contributed by atoms with Crippen LogP contribution < -0.4 is 20.5 Å². The maximum absolute atomic E-state index is 13.1. The van der Waals surface area contributed by atoms with Crippen LogP contribution in [0.5, 0.6) is 5.75 Å². The highest BCUT2D eigenvalue weighted by molar-refractivity contribution is 6.32. The molecule has 39 heavy (non-hydrogen) atoms. The molecule has 2 fully saturated rings. The standard InChI is InChI=1S/C30H38ClN5O3/c1-4-23(37)19-39-26-17-21-16-22(8-9-25(21)36(20(2)3)28(26)38)33-27-24(31)18-32-29(34-27)35-14-12-30(13-15-35)10-6-5-7-11-30/h8-9,16-18,20H,4-7,10-15,19H2,1-3H3,(H,32,33,34). The molecule has 0 radical (unpaired) electrons. The fourth-order valence-electron chi connectivity index (χ4n) is 5.99. The number of carbonyl (C=O) groups is 1. The number of pyridine rings is 1. The van der Waals surface area contributed by atoms with E-state index in [-0.39, 0.29) is 29.7 Å². The fourth-order valence-corrected chi connectivity index (χ4v) is 6.13. The van der Waals surface area contributed by atoms with Crippen molar-refractivity contribution >= 4 is 45.7 Å². The number of hydrogen-bond donors (Lipinski definition) is 1. The number of ketones is 1. The molecule has 0 atom stereocenters. The van der Waals surface area contributed by atoms with Gasteiger partial charge in [0.05, 0.1) is 11.7 Å². The number of nitrogens with one attached hydrogen (secondary N) is 1. The molecule has 1 aliphatic carbocycles. The minimum atomic E-state index is -0.248. The highest BCUT2D eigenvalue weighted by atomic mass is 35.5. The molecule has 0 bridgehead atoms. The van der Waals surface area contributed by atoms with E-state index in [2.05, 4.69) is 15.2 Å². The normalized spacial score (nSPS) is 17.1. The van der Waals surface area contributed by atoms with Crippen LogP contribution in [0.25, 0.3) is 10.9 Å². The van der Waals surface area contributed by atoms with E-state index in [1.54, 1.807) is 23.8 Å². The van der Waals surface area contributed by atoms with Crippen LogP contribution in [-0.2, 0) is 4.79 Å². The zero-order valence-electron chi connectivity index (χ0n) is 23.1. The van der Waals surface area contributed by atoms with Gasteiger partial charge in [0.1, 0.15) is 11.6 Å². The van der Waals surface area contributed by atoms with E-state index < -0.39 is 0 Å². The Morgan fingerprint density at radius 2 is 1.87 bits per heavy atom. The van der Waals surface area contributed by atoms with Crippen LogP contribution in [0.15, 0.2) is 35.3 Å². The third kappa shape index (κ3) is 5.91. The third-order valence-corrected chi connectivity index (χ3v) is 8.59. The van der Waals surface area contributed by atoms with Crippen molar-refractivity contribution in [2.24, 2.45) is 5.41 Å². The number of Topliss-reactive ketones (excluding diaryl/α,β-unsaturated/α-hetero) is 1. The van der Waals surface area contributed by atoms with Crippen molar-refractivity contribution in [2.45, 2.75) is 78.2 Å². The summed E-state index contributed by atoms with van der Waals surface area (Å²) in [6, 6.07) is 7.37. The highest BCUT2D eigenvalue weighted by Gasteiger charge is 2.36. The summed E-state index contributed by atoms with van der Waals surface area (Å²) in [5.74, 6) is 1.34. The van der Waals surface area contributed by atoms with Crippen LogP contribution in [0.4, 0.5) is 17.5 Å².